The van der Waals surface area contributed by atoms with E-state index in [0.29, 0.717) is 26.4 Å². The van der Waals surface area contributed by atoms with Gasteiger partial charge in [-0.3, -0.25) is 0 Å². The lowest BCUT2D eigenvalue weighted by atomic mass is 9.99. The number of benzene rings is 2. The number of ether oxygens (including phenoxy) is 4. The van der Waals surface area contributed by atoms with E-state index < -0.39 is 0 Å². The van der Waals surface area contributed by atoms with Gasteiger partial charge in [-0.05, 0) is 72.8 Å². The molecule has 0 N–H and O–H groups in total. The second-order valence-corrected chi connectivity index (χ2v) is 12.3. The van der Waals surface area contributed by atoms with Gasteiger partial charge in [0.2, 0.25) is 0 Å². The molecule has 2 aromatic heterocycles. The van der Waals surface area contributed by atoms with E-state index in [4.69, 9.17) is 18.9 Å². The molecule has 40 heavy (non-hydrogen) atoms. The Morgan fingerprint density at radius 3 is 1.07 bits per heavy atom. The van der Waals surface area contributed by atoms with E-state index in [9.17, 15) is 0 Å². The first-order valence-corrected chi connectivity index (χ1v) is 16.6. The molecule has 0 fully saturated rings. The molecule has 6 heteroatoms. The molecule has 4 aromatic rings. The van der Waals surface area contributed by atoms with Gasteiger partial charge in [0.1, 0.15) is 23.0 Å². The Bertz CT molecular complexity index is 1230. The van der Waals surface area contributed by atoms with Crippen molar-refractivity contribution in [2.45, 2.75) is 64.2 Å². The second kappa shape index (κ2) is 13.6. The molecule has 0 saturated carbocycles. The molecule has 0 radical (unpaired) electrons. The van der Waals surface area contributed by atoms with Crippen LogP contribution in [0.5, 0.6) is 23.0 Å². The van der Waals surface area contributed by atoms with Gasteiger partial charge < -0.3 is 18.9 Å². The van der Waals surface area contributed by atoms with Crippen molar-refractivity contribution in [1.29, 1.82) is 0 Å². The summed E-state index contributed by atoms with van der Waals surface area (Å²) in [5.41, 5.74) is 4.45. The lowest BCUT2D eigenvalue weighted by Crippen LogP contribution is -2.04. The lowest BCUT2D eigenvalue weighted by molar-refractivity contribution is 0.282. The quantitative estimate of drug-likeness (QED) is 0.209. The molecule has 0 spiro atoms. The SMILES string of the molecule is c1cc2c3c(c1)OCCCCCCCOc1cccc(c1-c1ccsc1-c1sccc1-3)OCCCCCCCO2. The van der Waals surface area contributed by atoms with Gasteiger partial charge in [-0.15, -0.1) is 22.7 Å². The smallest absolute Gasteiger partial charge is 0.130 e. The average molecular weight is 575 g/mol. The van der Waals surface area contributed by atoms with Crippen molar-refractivity contribution in [1.82, 2.24) is 0 Å². The molecule has 2 aliphatic heterocycles. The zero-order valence-electron chi connectivity index (χ0n) is 23.1. The number of hydrogen-bond donors (Lipinski definition) is 0. The van der Waals surface area contributed by atoms with Crippen molar-refractivity contribution < 1.29 is 18.9 Å². The topological polar surface area (TPSA) is 36.9 Å². The molecule has 0 unspecified atom stereocenters. The third kappa shape index (κ3) is 6.18. The van der Waals surface area contributed by atoms with E-state index in [0.717, 1.165) is 96.6 Å². The van der Waals surface area contributed by atoms with E-state index in [1.165, 1.54) is 22.6 Å². The zero-order valence-corrected chi connectivity index (χ0v) is 24.8. The molecule has 0 atom stereocenters. The Hall–Kier alpha value is -2.96. The van der Waals surface area contributed by atoms with Crippen molar-refractivity contribution >= 4 is 22.7 Å². The van der Waals surface area contributed by atoms with Crippen molar-refractivity contribution in [3.8, 4) is 55.0 Å². The zero-order chi connectivity index (χ0) is 27.0. The fraction of sp³-hybridized carbons (Fsp3) is 0.412. The summed E-state index contributed by atoms with van der Waals surface area (Å²) in [6.45, 7) is 2.84. The highest BCUT2D eigenvalue weighted by Crippen LogP contribution is 2.52. The number of rotatable bonds is 0. The molecular formula is C34H38O4S2. The second-order valence-electron chi connectivity index (χ2n) is 10.5. The average Bonchev–Trinajstić information content (AvgIpc) is 3.64. The molecule has 0 amide bonds. The van der Waals surface area contributed by atoms with Crippen LogP contribution in [0.15, 0.2) is 59.3 Å². The largest absolute Gasteiger partial charge is 0.493 e. The molecule has 2 aliphatic rings. The van der Waals surface area contributed by atoms with Crippen LogP contribution in [-0.2, 0) is 0 Å². The fourth-order valence-corrected chi connectivity index (χ4v) is 7.59. The predicted octanol–water partition coefficient (Wildman–Crippen LogP) is 10.3. The van der Waals surface area contributed by atoms with Crippen molar-refractivity contribution in [2.24, 2.45) is 0 Å². The van der Waals surface area contributed by atoms with Gasteiger partial charge in [-0.2, -0.15) is 0 Å². The Labute approximate surface area is 245 Å². The summed E-state index contributed by atoms with van der Waals surface area (Å²) < 4.78 is 25.9. The molecule has 0 saturated heterocycles. The highest BCUT2D eigenvalue weighted by Gasteiger charge is 2.24. The molecule has 210 valence electrons. The molecule has 4 heterocycles. The van der Waals surface area contributed by atoms with Gasteiger partial charge in [0.15, 0.2) is 0 Å². The van der Waals surface area contributed by atoms with Crippen LogP contribution >= 0.6 is 22.7 Å². The maximum absolute atomic E-state index is 6.48. The molecule has 6 rings (SSSR count). The van der Waals surface area contributed by atoms with Crippen LogP contribution in [-0.4, -0.2) is 26.4 Å². The Kier molecular flexibility index (Phi) is 9.26. The van der Waals surface area contributed by atoms with Crippen LogP contribution in [0.3, 0.4) is 0 Å². The van der Waals surface area contributed by atoms with E-state index in [2.05, 4.69) is 59.3 Å². The van der Waals surface area contributed by atoms with Crippen LogP contribution in [0.2, 0.25) is 0 Å². The van der Waals surface area contributed by atoms with Crippen molar-refractivity contribution in [3.63, 3.8) is 0 Å². The van der Waals surface area contributed by atoms with Crippen molar-refractivity contribution in [2.75, 3.05) is 26.4 Å². The minimum atomic E-state index is 0.711. The Morgan fingerprint density at radius 2 is 0.725 bits per heavy atom. The summed E-state index contributed by atoms with van der Waals surface area (Å²) in [7, 11) is 0. The lowest BCUT2D eigenvalue weighted by Gasteiger charge is -2.18. The molecule has 0 aliphatic carbocycles. The van der Waals surface area contributed by atoms with Gasteiger partial charge in [0.05, 0.1) is 47.3 Å². The van der Waals surface area contributed by atoms with Crippen LogP contribution in [0, 0.1) is 0 Å². The first-order valence-electron chi connectivity index (χ1n) is 14.8. The van der Waals surface area contributed by atoms with E-state index >= 15 is 0 Å². The molecule has 4 nitrogen and oxygen atoms in total. The van der Waals surface area contributed by atoms with Crippen LogP contribution in [0.25, 0.3) is 32.0 Å². The van der Waals surface area contributed by atoms with Gasteiger partial charge in [-0.25, -0.2) is 0 Å². The van der Waals surface area contributed by atoms with Crippen LogP contribution in [0.1, 0.15) is 64.2 Å². The Morgan fingerprint density at radius 1 is 0.400 bits per heavy atom. The number of hydrogen-bond acceptors (Lipinski definition) is 6. The molecular weight excluding hydrogens is 537 g/mol. The first-order chi connectivity index (χ1) is 19.9. The standard InChI is InChI=1S/C34H38O4S2/c1-3-7-19-35-27-13-11-15-29-31(27)25-17-23-39-33(25)34-26(18-24-40-34)32-28(36-20-8-4-1)14-12-16-30(32)38-22-10-6-2-5-9-21-37-29/h11-18,23-24H,1-10,19-22H2. The summed E-state index contributed by atoms with van der Waals surface area (Å²) in [4.78, 5) is 2.44. The van der Waals surface area contributed by atoms with Crippen molar-refractivity contribution in [3.05, 3.63) is 59.3 Å². The molecule has 2 bridgehead atoms. The maximum Gasteiger partial charge on any atom is 0.130 e. The van der Waals surface area contributed by atoms with E-state index in [-0.39, 0.29) is 0 Å². The molecule has 2 aromatic carbocycles. The highest BCUT2D eigenvalue weighted by atomic mass is 32.1. The predicted molar refractivity (Wildman–Crippen MR) is 167 cm³/mol. The number of thiophene rings is 2. The van der Waals surface area contributed by atoms with Crippen LogP contribution in [0.4, 0.5) is 0 Å². The summed E-state index contributed by atoms with van der Waals surface area (Å²) in [5.74, 6) is 3.63. The van der Waals surface area contributed by atoms with E-state index in [1.54, 1.807) is 22.7 Å². The summed E-state index contributed by atoms with van der Waals surface area (Å²) >= 11 is 3.54. The third-order valence-electron chi connectivity index (χ3n) is 7.66. The maximum atomic E-state index is 6.48. The van der Waals surface area contributed by atoms with Gasteiger partial charge in [0, 0.05) is 11.1 Å². The minimum absolute atomic E-state index is 0.711. The monoisotopic (exact) mass is 574 g/mol. The fourth-order valence-electron chi connectivity index (χ4n) is 5.60. The van der Waals surface area contributed by atoms with Crippen LogP contribution < -0.4 is 18.9 Å². The van der Waals surface area contributed by atoms with Gasteiger partial charge in [-0.1, -0.05) is 50.7 Å². The Balaban J connectivity index is 1.53. The normalized spacial score (nSPS) is 16.9. The van der Waals surface area contributed by atoms with E-state index in [1.807, 2.05) is 0 Å². The minimum Gasteiger partial charge on any atom is -0.493 e. The first kappa shape index (κ1) is 27.2. The third-order valence-corrected chi connectivity index (χ3v) is 9.65. The summed E-state index contributed by atoms with van der Waals surface area (Å²) in [6.07, 6.45) is 11.1. The van der Waals surface area contributed by atoms with Gasteiger partial charge in [0.25, 0.3) is 0 Å². The summed E-state index contributed by atoms with van der Waals surface area (Å²) in [6, 6.07) is 17.0. The van der Waals surface area contributed by atoms with Gasteiger partial charge >= 0.3 is 0 Å². The summed E-state index contributed by atoms with van der Waals surface area (Å²) in [5, 5.41) is 4.37. The highest BCUT2D eigenvalue weighted by molar-refractivity contribution is 7.21.